The number of hydrogen-bond donors (Lipinski definition) is 1. The van der Waals surface area contributed by atoms with Crippen LogP contribution in [0.5, 0.6) is 0 Å². The Morgan fingerprint density at radius 3 is 2.75 bits per heavy atom. The highest BCUT2D eigenvalue weighted by atomic mass is 16.5. The van der Waals surface area contributed by atoms with Gasteiger partial charge in [0.05, 0.1) is 20.1 Å². The van der Waals surface area contributed by atoms with Crippen molar-refractivity contribution in [1.82, 2.24) is 5.32 Å². The molecule has 1 N–H and O–H groups in total. The Balaban J connectivity index is 2.68. The summed E-state index contributed by atoms with van der Waals surface area (Å²) >= 11 is 0. The van der Waals surface area contributed by atoms with Gasteiger partial charge in [0.15, 0.2) is 0 Å². The largest absolute Gasteiger partial charge is 0.469 e. The van der Waals surface area contributed by atoms with Crippen molar-refractivity contribution in [3.8, 4) is 12.3 Å². The van der Waals surface area contributed by atoms with E-state index in [4.69, 9.17) is 6.42 Å². The second-order valence-corrected chi connectivity index (χ2v) is 3.33. The molecule has 0 bridgehead atoms. The fourth-order valence-corrected chi connectivity index (χ4v) is 1.40. The van der Waals surface area contributed by atoms with E-state index >= 15 is 0 Å². The van der Waals surface area contributed by atoms with Gasteiger partial charge in [0.2, 0.25) is 0 Å². The average molecular weight is 217 g/mol. The van der Waals surface area contributed by atoms with E-state index in [0.29, 0.717) is 19.5 Å². The van der Waals surface area contributed by atoms with Crippen molar-refractivity contribution in [3.05, 3.63) is 35.4 Å². The first-order valence-electron chi connectivity index (χ1n) is 5.05. The molecule has 0 aromatic heterocycles. The number of ether oxygens (including phenoxy) is 1. The minimum Gasteiger partial charge on any atom is -0.469 e. The van der Waals surface area contributed by atoms with Gasteiger partial charge in [-0.25, -0.2) is 0 Å². The third kappa shape index (κ3) is 3.76. The molecule has 0 aliphatic carbocycles. The van der Waals surface area contributed by atoms with Crippen LogP contribution in [-0.2, 0) is 22.5 Å². The van der Waals surface area contributed by atoms with E-state index in [2.05, 4.69) is 16.0 Å². The molecule has 1 aromatic rings. The summed E-state index contributed by atoms with van der Waals surface area (Å²) in [5, 5.41) is 3.09. The van der Waals surface area contributed by atoms with Crippen molar-refractivity contribution in [1.29, 1.82) is 0 Å². The zero-order valence-electron chi connectivity index (χ0n) is 9.32. The van der Waals surface area contributed by atoms with E-state index < -0.39 is 0 Å². The Kier molecular flexibility index (Phi) is 5.10. The van der Waals surface area contributed by atoms with Gasteiger partial charge in [0, 0.05) is 6.54 Å². The predicted molar refractivity (Wildman–Crippen MR) is 62.7 cm³/mol. The minimum atomic E-state index is -0.232. The van der Waals surface area contributed by atoms with Gasteiger partial charge < -0.3 is 10.1 Å². The fourth-order valence-electron chi connectivity index (χ4n) is 1.40. The van der Waals surface area contributed by atoms with Gasteiger partial charge >= 0.3 is 5.97 Å². The van der Waals surface area contributed by atoms with Crippen LogP contribution in [0, 0.1) is 12.3 Å². The summed E-state index contributed by atoms with van der Waals surface area (Å²) in [7, 11) is 1.39. The Morgan fingerprint density at radius 2 is 2.12 bits per heavy atom. The Morgan fingerprint density at radius 1 is 1.44 bits per heavy atom. The normalized spacial score (nSPS) is 9.50. The Labute approximate surface area is 95.8 Å². The molecule has 0 aliphatic heterocycles. The van der Waals surface area contributed by atoms with Gasteiger partial charge in [0.1, 0.15) is 0 Å². The van der Waals surface area contributed by atoms with E-state index in [1.54, 1.807) is 0 Å². The highest BCUT2D eigenvalue weighted by molar-refractivity contribution is 5.72. The van der Waals surface area contributed by atoms with Gasteiger partial charge in [-0.2, -0.15) is 0 Å². The van der Waals surface area contributed by atoms with Crippen molar-refractivity contribution in [2.45, 2.75) is 13.0 Å². The monoisotopic (exact) mass is 217 g/mol. The molecule has 0 saturated heterocycles. The maximum absolute atomic E-state index is 11.2. The zero-order chi connectivity index (χ0) is 11.8. The third-order valence-electron chi connectivity index (χ3n) is 2.22. The first-order valence-corrected chi connectivity index (χ1v) is 5.05. The molecule has 0 spiro atoms. The molecule has 3 nitrogen and oxygen atoms in total. The standard InChI is InChI=1S/C13H15NO2/c1-3-8-14-10-12-7-5-4-6-11(12)9-13(15)16-2/h1,4-7,14H,8-10H2,2H3. The highest BCUT2D eigenvalue weighted by Crippen LogP contribution is 2.09. The van der Waals surface area contributed by atoms with Gasteiger partial charge in [-0.1, -0.05) is 30.2 Å². The summed E-state index contributed by atoms with van der Waals surface area (Å²) in [5.41, 5.74) is 2.04. The van der Waals surface area contributed by atoms with E-state index in [-0.39, 0.29) is 5.97 Å². The van der Waals surface area contributed by atoms with E-state index in [1.807, 2.05) is 24.3 Å². The van der Waals surface area contributed by atoms with Crippen molar-refractivity contribution in [2.75, 3.05) is 13.7 Å². The van der Waals surface area contributed by atoms with Crippen LogP contribution in [-0.4, -0.2) is 19.6 Å². The van der Waals surface area contributed by atoms with Gasteiger partial charge in [-0.15, -0.1) is 6.42 Å². The first-order chi connectivity index (χ1) is 7.77. The summed E-state index contributed by atoms with van der Waals surface area (Å²) in [6.45, 7) is 1.18. The Bertz CT molecular complexity index is 393. The molecule has 0 unspecified atom stereocenters. The molecule has 1 rings (SSSR count). The summed E-state index contributed by atoms with van der Waals surface area (Å²) < 4.78 is 4.64. The topological polar surface area (TPSA) is 38.3 Å². The average Bonchev–Trinajstić information content (AvgIpc) is 2.31. The molecule has 3 heteroatoms. The van der Waals surface area contributed by atoms with Crippen LogP contribution in [0.1, 0.15) is 11.1 Å². The molecular formula is C13H15NO2. The third-order valence-corrected chi connectivity index (χ3v) is 2.22. The summed E-state index contributed by atoms with van der Waals surface area (Å²) in [6.07, 6.45) is 5.44. The number of terminal acetylenes is 1. The number of carbonyl (C=O) groups excluding carboxylic acids is 1. The lowest BCUT2D eigenvalue weighted by Crippen LogP contribution is -2.15. The molecule has 0 saturated carbocycles. The molecule has 1 aromatic carbocycles. The zero-order valence-corrected chi connectivity index (χ0v) is 9.32. The van der Waals surface area contributed by atoms with E-state index in [0.717, 1.165) is 11.1 Å². The number of esters is 1. The second-order valence-electron chi connectivity index (χ2n) is 3.33. The van der Waals surface area contributed by atoms with Crippen molar-refractivity contribution >= 4 is 5.97 Å². The van der Waals surface area contributed by atoms with Crippen molar-refractivity contribution in [3.63, 3.8) is 0 Å². The summed E-state index contributed by atoms with van der Waals surface area (Å²) in [6, 6.07) is 7.74. The van der Waals surface area contributed by atoms with E-state index in [1.165, 1.54) is 7.11 Å². The number of methoxy groups -OCH3 is 1. The van der Waals surface area contributed by atoms with Crippen LogP contribution < -0.4 is 5.32 Å². The molecule has 0 radical (unpaired) electrons. The first kappa shape index (κ1) is 12.3. The van der Waals surface area contributed by atoms with Crippen LogP contribution in [0.3, 0.4) is 0 Å². The minimum absolute atomic E-state index is 0.232. The lowest BCUT2D eigenvalue weighted by molar-refractivity contribution is -0.139. The van der Waals surface area contributed by atoms with Gasteiger partial charge in [-0.05, 0) is 11.1 Å². The van der Waals surface area contributed by atoms with Crippen LogP contribution in [0.15, 0.2) is 24.3 Å². The molecule has 0 amide bonds. The van der Waals surface area contributed by atoms with Crippen LogP contribution in [0.4, 0.5) is 0 Å². The molecule has 84 valence electrons. The second kappa shape index (κ2) is 6.65. The van der Waals surface area contributed by atoms with Gasteiger partial charge in [0.25, 0.3) is 0 Å². The van der Waals surface area contributed by atoms with Crippen LogP contribution in [0.2, 0.25) is 0 Å². The maximum Gasteiger partial charge on any atom is 0.309 e. The number of rotatable bonds is 5. The molecular weight excluding hydrogens is 202 g/mol. The van der Waals surface area contributed by atoms with Crippen LogP contribution >= 0.6 is 0 Å². The number of benzene rings is 1. The SMILES string of the molecule is C#CCNCc1ccccc1CC(=O)OC. The van der Waals surface area contributed by atoms with Crippen molar-refractivity contribution in [2.24, 2.45) is 0 Å². The molecule has 0 aliphatic rings. The van der Waals surface area contributed by atoms with Crippen LogP contribution in [0.25, 0.3) is 0 Å². The lowest BCUT2D eigenvalue weighted by atomic mass is 10.0. The number of carbonyl (C=O) groups is 1. The van der Waals surface area contributed by atoms with E-state index in [9.17, 15) is 4.79 Å². The highest BCUT2D eigenvalue weighted by Gasteiger charge is 2.06. The fraction of sp³-hybridized carbons (Fsp3) is 0.308. The molecule has 0 atom stereocenters. The Hall–Kier alpha value is -1.79. The van der Waals surface area contributed by atoms with Crippen molar-refractivity contribution < 1.29 is 9.53 Å². The molecule has 0 heterocycles. The predicted octanol–water partition coefficient (Wildman–Crippen LogP) is 1.12. The molecule has 16 heavy (non-hydrogen) atoms. The maximum atomic E-state index is 11.2. The molecule has 0 fully saturated rings. The quantitative estimate of drug-likeness (QED) is 0.456. The van der Waals surface area contributed by atoms with Gasteiger partial charge in [-0.3, -0.25) is 4.79 Å². The lowest BCUT2D eigenvalue weighted by Gasteiger charge is -2.08. The number of nitrogens with one attached hydrogen (secondary N) is 1. The number of hydrogen-bond acceptors (Lipinski definition) is 3. The smallest absolute Gasteiger partial charge is 0.309 e. The summed E-state index contributed by atoms with van der Waals surface area (Å²) in [4.78, 5) is 11.2. The summed E-state index contributed by atoms with van der Waals surface area (Å²) in [5.74, 6) is 2.27.